The van der Waals surface area contributed by atoms with Crippen molar-refractivity contribution in [3.8, 4) is 0 Å². The molecule has 1 aromatic heterocycles. The van der Waals surface area contributed by atoms with Gasteiger partial charge in [-0.15, -0.1) is 0 Å². The van der Waals surface area contributed by atoms with Crippen LogP contribution in [0.5, 0.6) is 0 Å². The molecule has 2 unspecified atom stereocenters. The van der Waals surface area contributed by atoms with Crippen LogP contribution in [0.15, 0.2) is 15.8 Å². The molecule has 0 spiro atoms. The molecule has 2 rings (SSSR count). The van der Waals surface area contributed by atoms with Gasteiger partial charge in [-0.05, 0) is 0 Å². The van der Waals surface area contributed by atoms with E-state index < -0.39 is 72.1 Å². The molecule has 1 saturated heterocycles. The highest BCUT2D eigenvalue weighted by molar-refractivity contribution is 7.66. The fourth-order valence-electron chi connectivity index (χ4n) is 2.60. The number of hydrogen-bond donors (Lipinski definition) is 6. The first kappa shape index (κ1) is 27.7. The van der Waals surface area contributed by atoms with Crippen molar-refractivity contribution in [3.63, 3.8) is 0 Å². The lowest BCUT2D eigenvalue weighted by molar-refractivity contribution is -0.139. The lowest BCUT2D eigenvalue weighted by Crippen LogP contribution is -2.35. The van der Waals surface area contributed by atoms with Gasteiger partial charge in [-0.2, -0.15) is 8.62 Å². The summed E-state index contributed by atoms with van der Waals surface area (Å²) in [4.78, 5) is 72.8. The number of ether oxygens (including phenoxy) is 2. The Morgan fingerprint density at radius 3 is 2.39 bits per heavy atom. The number of phosphoric acid groups is 3. The smallest absolute Gasteiger partial charge is 0.469 e. The third kappa shape index (κ3) is 8.33. The summed E-state index contributed by atoms with van der Waals surface area (Å²) in [6, 6.07) is 0. The molecule has 1 aliphatic rings. The number of esters is 1. The molecule has 0 bridgehead atoms. The largest absolute Gasteiger partial charge is 0.490 e. The molecular weight excluding hydrogens is 521 g/mol. The third-order valence-electron chi connectivity index (χ3n) is 3.94. The van der Waals surface area contributed by atoms with Crippen LogP contribution < -0.4 is 11.2 Å². The normalized spacial score (nSPS) is 24.7. The van der Waals surface area contributed by atoms with Crippen LogP contribution in [0.25, 0.3) is 0 Å². The van der Waals surface area contributed by atoms with Crippen LogP contribution in [0.4, 0.5) is 0 Å². The van der Waals surface area contributed by atoms with Crippen LogP contribution in [-0.4, -0.2) is 66.1 Å². The number of nitrogens with zero attached hydrogens (tertiary/aromatic N) is 1. The van der Waals surface area contributed by atoms with E-state index in [1.807, 2.05) is 4.98 Å². The third-order valence-corrected chi connectivity index (χ3v) is 7.74. The molecular formula is C12H19N2O16P3. The molecule has 1 aliphatic heterocycles. The van der Waals surface area contributed by atoms with Gasteiger partial charge in [0, 0.05) is 18.2 Å². The number of hydrogen-bond acceptors (Lipinski definition) is 12. The maximum absolute atomic E-state index is 12.1. The Kier molecular flexibility index (Phi) is 8.73. The number of carbonyl (C=O) groups is 1. The summed E-state index contributed by atoms with van der Waals surface area (Å²) in [5, 5.41) is 10.1. The molecule has 1 aromatic rings. The number of phosphoric ester groups is 1. The maximum atomic E-state index is 12.1. The van der Waals surface area contributed by atoms with Gasteiger partial charge in [0.05, 0.1) is 26.2 Å². The van der Waals surface area contributed by atoms with Crippen molar-refractivity contribution in [3.05, 3.63) is 32.6 Å². The summed E-state index contributed by atoms with van der Waals surface area (Å²) < 4.78 is 55.8. The highest BCUT2D eigenvalue weighted by Crippen LogP contribution is 2.66. The van der Waals surface area contributed by atoms with E-state index >= 15 is 0 Å². The van der Waals surface area contributed by atoms with E-state index in [9.17, 15) is 38.1 Å². The number of aliphatic hydroxyl groups excluding tert-OH is 1. The van der Waals surface area contributed by atoms with Gasteiger partial charge >= 0.3 is 35.1 Å². The lowest BCUT2D eigenvalue weighted by atomic mass is 10.2. The molecule has 0 radical (unpaired) electrons. The molecule has 6 N–H and O–H groups in total. The Balaban J connectivity index is 2.09. The number of carbonyl (C=O) groups excluding carboxylic acids is 1. The Labute approximate surface area is 183 Å². The molecule has 33 heavy (non-hydrogen) atoms. The topological polar surface area (TPSA) is 270 Å². The van der Waals surface area contributed by atoms with Crippen LogP contribution in [0.2, 0.25) is 0 Å². The summed E-state index contributed by atoms with van der Waals surface area (Å²) in [6.07, 6.45) is -3.80. The van der Waals surface area contributed by atoms with E-state index in [4.69, 9.17) is 19.4 Å². The predicted molar refractivity (Wildman–Crippen MR) is 101 cm³/mol. The molecule has 0 saturated carbocycles. The quantitative estimate of drug-likeness (QED) is 0.142. The fourth-order valence-corrected chi connectivity index (χ4v) is 5.63. The molecule has 1 fully saturated rings. The zero-order chi connectivity index (χ0) is 25.2. The van der Waals surface area contributed by atoms with Gasteiger partial charge < -0.3 is 34.2 Å². The standard InChI is InChI=1S/C12H19N2O16P3/c1-26-10(16)2-6-4-14(12(18)13-11(6)17)9-3-7(15)8(28-9)5-27-32(22,23)30-33(24,25)29-31(19,20)21/h4,7-9,15H,2-3,5H2,1H3,(H,22,23)(H,24,25)(H,13,17,18)(H2,19,20,21)/t7-,8-,9-/m1/s1. The van der Waals surface area contributed by atoms with Gasteiger partial charge in [0.15, 0.2) is 0 Å². The van der Waals surface area contributed by atoms with Gasteiger partial charge in [-0.25, -0.2) is 18.5 Å². The number of rotatable bonds is 10. The van der Waals surface area contributed by atoms with Gasteiger partial charge in [0.2, 0.25) is 0 Å². The minimum atomic E-state index is -5.72. The predicted octanol–water partition coefficient (Wildman–Crippen LogP) is -1.76. The van der Waals surface area contributed by atoms with Crippen molar-refractivity contribution in [2.24, 2.45) is 0 Å². The van der Waals surface area contributed by atoms with E-state index in [1.54, 1.807) is 0 Å². The first-order chi connectivity index (χ1) is 15.0. The first-order valence-corrected chi connectivity index (χ1v) is 13.1. The second-order valence-electron chi connectivity index (χ2n) is 6.39. The van der Waals surface area contributed by atoms with Crippen molar-refractivity contribution in [2.45, 2.75) is 31.3 Å². The SMILES string of the molecule is COC(=O)Cc1cn([C@H]2C[C@@H](O)[C@@H](COP(=O)(O)OP(=O)(O)OP(=O)(O)O)O2)c(=O)[nH]c1=O. The van der Waals surface area contributed by atoms with Crippen molar-refractivity contribution >= 4 is 29.4 Å². The second-order valence-corrected chi connectivity index (χ2v) is 10.8. The molecule has 2 heterocycles. The second kappa shape index (κ2) is 10.4. The summed E-state index contributed by atoms with van der Waals surface area (Å²) in [7, 11) is -15.7. The Hall–Kier alpha value is -1.52. The van der Waals surface area contributed by atoms with Crippen molar-refractivity contribution in [1.82, 2.24) is 9.55 Å². The summed E-state index contributed by atoms with van der Waals surface area (Å²) in [5.74, 6) is -0.771. The monoisotopic (exact) mass is 540 g/mol. The molecule has 0 aliphatic carbocycles. The molecule has 0 amide bonds. The van der Waals surface area contributed by atoms with Gasteiger partial charge in [-0.1, -0.05) is 0 Å². The number of aliphatic hydroxyl groups is 1. The summed E-state index contributed by atoms with van der Waals surface area (Å²) in [5.41, 5.74) is -1.97. The van der Waals surface area contributed by atoms with Crippen LogP contribution in [0.1, 0.15) is 18.2 Å². The highest BCUT2D eigenvalue weighted by atomic mass is 31.3. The van der Waals surface area contributed by atoms with E-state index in [2.05, 4.69) is 17.9 Å². The lowest BCUT2D eigenvalue weighted by Gasteiger charge is -2.19. The maximum Gasteiger partial charge on any atom is 0.490 e. The van der Waals surface area contributed by atoms with Crippen molar-refractivity contribution in [1.29, 1.82) is 0 Å². The number of H-pyrrole nitrogens is 1. The molecule has 21 heteroatoms. The molecule has 5 atom stereocenters. The Bertz CT molecular complexity index is 1140. The number of aromatic amines is 1. The highest BCUT2D eigenvalue weighted by Gasteiger charge is 2.43. The Morgan fingerprint density at radius 1 is 1.18 bits per heavy atom. The molecule has 188 valence electrons. The first-order valence-electron chi connectivity index (χ1n) is 8.55. The minimum absolute atomic E-state index is 0.156. The number of nitrogens with one attached hydrogen (secondary N) is 1. The zero-order valence-corrected chi connectivity index (χ0v) is 19.1. The number of aromatic nitrogens is 2. The Morgan fingerprint density at radius 2 is 1.82 bits per heavy atom. The van der Waals surface area contributed by atoms with E-state index in [1.165, 1.54) is 0 Å². The molecule has 0 aromatic carbocycles. The van der Waals surface area contributed by atoms with Crippen LogP contribution >= 0.6 is 23.5 Å². The van der Waals surface area contributed by atoms with Crippen LogP contribution in [0.3, 0.4) is 0 Å². The summed E-state index contributed by atoms with van der Waals surface area (Å²) >= 11 is 0. The summed E-state index contributed by atoms with van der Waals surface area (Å²) in [6.45, 7) is -0.950. The van der Waals surface area contributed by atoms with Gasteiger partial charge in [0.25, 0.3) is 5.56 Å². The average Bonchev–Trinajstić information content (AvgIpc) is 2.99. The minimum Gasteiger partial charge on any atom is -0.469 e. The van der Waals surface area contributed by atoms with Crippen LogP contribution in [0, 0.1) is 0 Å². The molecule has 18 nitrogen and oxygen atoms in total. The average molecular weight is 540 g/mol. The van der Waals surface area contributed by atoms with Gasteiger partial charge in [0.1, 0.15) is 12.3 Å². The van der Waals surface area contributed by atoms with Crippen molar-refractivity contribution < 1.29 is 65.8 Å². The number of methoxy groups -OCH3 is 1. The van der Waals surface area contributed by atoms with E-state index in [-0.39, 0.29) is 12.0 Å². The van der Waals surface area contributed by atoms with E-state index in [0.717, 1.165) is 17.9 Å². The fraction of sp³-hybridized carbons (Fsp3) is 0.583. The van der Waals surface area contributed by atoms with Crippen LogP contribution in [-0.2, 0) is 47.5 Å². The zero-order valence-electron chi connectivity index (χ0n) is 16.4. The van der Waals surface area contributed by atoms with Crippen molar-refractivity contribution in [2.75, 3.05) is 13.7 Å². The van der Waals surface area contributed by atoms with E-state index in [0.29, 0.717) is 0 Å². The van der Waals surface area contributed by atoms with Gasteiger partial charge in [-0.3, -0.25) is 23.7 Å².